The monoisotopic (exact) mass is 253 g/mol. The number of likely N-dealkylation sites (tertiary alicyclic amines) is 1. The first-order chi connectivity index (χ1) is 8.13. The highest BCUT2D eigenvalue weighted by atomic mass is 35.5. The molecule has 2 rings (SSSR count). The van der Waals surface area contributed by atoms with E-state index in [0.717, 1.165) is 0 Å². The van der Waals surface area contributed by atoms with Crippen LogP contribution in [0.1, 0.15) is 16.8 Å². The zero-order chi connectivity index (χ0) is 12.4. The number of benzene rings is 1. The van der Waals surface area contributed by atoms with Gasteiger partial charge >= 0.3 is 0 Å². The minimum atomic E-state index is -0.543. The van der Waals surface area contributed by atoms with E-state index >= 15 is 0 Å². The van der Waals surface area contributed by atoms with Crippen molar-refractivity contribution in [2.75, 3.05) is 13.6 Å². The number of ether oxygens (including phenoxy) is 1. The zero-order valence-electron chi connectivity index (χ0n) is 9.35. The minimum absolute atomic E-state index is 0.0817. The zero-order valence-corrected chi connectivity index (χ0v) is 10.1. The van der Waals surface area contributed by atoms with Gasteiger partial charge in [0.15, 0.2) is 12.4 Å². The first-order valence-electron chi connectivity index (χ1n) is 5.29. The molecule has 0 radical (unpaired) electrons. The molecule has 1 aliphatic heterocycles. The molecule has 17 heavy (non-hydrogen) atoms. The van der Waals surface area contributed by atoms with Crippen LogP contribution >= 0.6 is 11.6 Å². The van der Waals surface area contributed by atoms with E-state index in [9.17, 15) is 9.59 Å². The second-order valence-electron chi connectivity index (χ2n) is 3.93. The van der Waals surface area contributed by atoms with Gasteiger partial charge in [0.1, 0.15) is 5.75 Å². The van der Waals surface area contributed by atoms with E-state index in [1.54, 1.807) is 30.1 Å². The standard InChI is InChI=1S/C12H12ClNO3/c1-14-6-5-10(12(14)16)17-11-8(7-15)3-2-4-9(11)13/h2-4,7,10H,5-6H2,1H3. The normalized spacial score (nSPS) is 19.5. The van der Waals surface area contributed by atoms with Crippen molar-refractivity contribution in [2.24, 2.45) is 0 Å². The molecule has 1 heterocycles. The lowest BCUT2D eigenvalue weighted by Gasteiger charge is -2.15. The quantitative estimate of drug-likeness (QED) is 0.772. The summed E-state index contributed by atoms with van der Waals surface area (Å²) >= 11 is 5.96. The van der Waals surface area contributed by atoms with Gasteiger partial charge in [-0.25, -0.2) is 0 Å². The Kier molecular flexibility index (Phi) is 3.33. The molecule has 0 spiro atoms. The third kappa shape index (κ3) is 2.26. The molecule has 0 bridgehead atoms. The van der Waals surface area contributed by atoms with Gasteiger partial charge in [-0.2, -0.15) is 0 Å². The molecule has 1 aromatic carbocycles. The fraction of sp³-hybridized carbons (Fsp3) is 0.333. The molecule has 1 saturated heterocycles. The predicted molar refractivity (Wildman–Crippen MR) is 63.5 cm³/mol. The molecule has 1 unspecified atom stereocenters. The number of halogens is 1. The summed E-state index contributed by atoms with van der Waals surface area (Å²) in [5.41, 5.74) is 0.361. The van der Waals surface area contributed by atoms with Gasteiger partial charge in [0, 0.05) is 20.0 Å². The van der Waals surface area contributed by atoms with E-state index in [1.807, 2.05) is 0 Å². The van der Waals surface area contributed by atoms with Gasteiger partial charge in [-0.3, -0.25) is 9.59 Å². The van der Waals surface area contributed by atoms with Gasteiger partial charge in [-0.1, -0.05) is 17.7 Å². The molecule has 1 atom stereocenters. The number of amides is 1. The fourth-order valence-electron chi connectivity index (χ4n) is 1.78. The number of rotatable bonds is 3. The van der Waals surface area contributed by atoms with E-state index in [0.29, 0.717) is 29.8 Å². The van der Waals surface area contributed by atoms with Crippen LogP contribution in [-0.4, -0.2) is 36.8 Å². The van der Waals surface area contributed by atoms with Gasteiger partial charge in [0.05, 0.1) is 10.6 Å². The van der Waals surface area contributed by atoms with Crippen LogP contribution in [0, 0.1) is 0 Å². The Labute approximate surface area is 104 Å². The molecule has 0 N–H and O–H groups in total. The van der Waals surface area contributed by atoms with E-state index in [2.05, 4.69) is 0 Å². The number of aldehydes is 1. The van der Waals surface area contributed by atoms with Gasteiger partial charge in [0.2, 0.25) is 0 Å². The Morgan fingerprint density at radius 2 is 2.29 bits per heavy atom. The number of carbonyl (C=O) groups is 2. The molecule has 0 aliphatic carbocycles. The maximum atomic E-state index is 11.7. The van der Waals surface area contributed by atoms with Gasteiger partial charge in [-0.05, 0) is 12.1 Å². The van der Waals surface area contributed by atoms with Crippen LogP contribution in [0.4, 0.5) is 0 Å². The highest BCUT2D eigenvalue weighted by molar-refractivity contribution is 6.32. The van der Waals surface area contributed by atoms with Crippen LogP contribution in [0.15, 0.2) is 18.2 Å². The van der Waals surface area contributed by atoms with Crippen LogP contribution in [0.5, 0.6) is 5.75 Å². The summed E-state index contributed by atoms with van der Waals surface area (Å²) in [5.74, 6) is 0.208. The number of hydrogen-bond acceptors (Lipinski definition) is 3. The summed E-state index contributed by atoms with van der Waals surface area (Å²) in [6.45, 7) is 0.657. The van der Waals surface area contributed by atoms with Gasteiger partial charge < -0.3 is 9.64 Å². The second kappa shape index (κ2) is 4.75. The lowest BCUT2D eigenvalue weighted by molar-refractivity contribution is -0.132. The largest absolute Gasteiger partial charge is 0.478 e. The van der Waals surface area contributed by atoms with Crippen LogP contribution in [0.25, 0.3) is 0 Å². The molecule has 90 valence electrons. The lowest BCUT2D eigenvalue weighted by atomic mass is 10.2. The summed E-state index contributed by atoms with van der Waals surface area (Å²) in [5, 5.41) is 0.344. The minimum Gasteiger partial charge on any atom is -0.478 e. The van der Waals surface area contributed by atoms with E-state index in [4.69, 9.17) is 16.3 Å². The fourth-order valence-corrected chi connectivity index (χ4v) is 2.01. The van der Waals surface area contributed by atoms with Crippen LogP contribution < -0.4 is 4.74 Å². The van der Waals surface area contributed by atoms with E-state index in [1.165, 1.54) is 0 Å². The number of likely N-dealkylation sites (N-methyl/N-ethyl adjacent to an activating group) is 1. The second-order valence-corrected chi connectivity index (χ2v) is 4.34. The number of nitrogens with zero attached hydrogens (tertiary/aromatic N) is 1. The van der Waals surface area contributed by atoms with Crippen molar-refractivity contribution >= 4 is 23.8 Å². The maximum absolute atomic E-state index is 11.7. The summed E-state index contributed by atoms with van der Waals surface area (Å²) in [4.78, 5) is 24.2. The molecule has 1 aliphatic rings. The highest BCUT2D eigenvalue weighted by Crippen LogP contribution is 2.30. The highest BCUT2D eigenvalue weighted by Gasteiger charge is 2.31. The van der Waals surface area contributed by atoms with Crippen molar-refractivity contribution < 1.29 is 14.3 Å². The molecule has 5 heteroatoms. The molecule has 1 aromatic rings. The average molecular weight is 254 g/mol. The summed E-state index contributed by atoms with van der Waals surface area (Å²) in [6, 6.07) is 4.91. The van der Waals surface area contributed by atoms with Crippen molar-refractivity contribution in [3.63, 3.8) is 0 Å². The van der Waals surface area contributed by atoms with Crippen molar-refractivity contribution in [1.29, 1.82) is 0 Å². The molecule has 0 aromatic heterocycles. The van der Waals surface area contributed by atoms with Crippen molar-refractivity contribution in [2.45, 2.75) is 12.5 Å². The first-order valence-corrected chi connectivity index (χ1v) is 5.66. The number of carbonyl (C=O) groups excluding carboxylic acids is 2. The summed E-state index contributed by atoms with van der Waals surface area (Å²) in [7, 11) is 1.72. The van der Waals surface area contributed by atoms with E-state index in [-0.39, 0.29) is 11.7 Å². The van der Waals surface area contributed by atoms with Crippen LogP contribution in [0.3, 0.4) is 0 Å². The molecule has 0 saturated carbocycles. The Balaban J connectivity index is 2.24. The Morgan fingerprint density at radius 3 is 2.88 bits per heavy atom. The Bertz CT molecular complexity index is 461. The Hall–Kier alpha value is -1.55. The molecule has 1 fully saturated rings. The molecule has 4 nitrogen and oxygen atoms in total. The topological polar surface area (TPSA) is 46.6 Å². The SMILES string of the molecule is CN1CCC(Oc2c(Cl)cccc2C=O)C1=O. The van der Waals surface area contributed by atoms with Gasteiger partial charge in [0.25, 0.3) is 5.91 Å². The maximum Gasteiger partial charge on any atom is 0.263 e. The predicted octanol–water partition coefficient (Wildman–Crippen LogP) is 1.76. The average Bonchev–Trinajstić information content (AvgIpc) is 2.63. The van der Waals surface area contributed by atoms with E-state index < -0.39 is 6.10 Å². The summed E-state index contributed by atoms with van der Waals surface area (Å²) in [6.07, 6.45) is 0.738. The third-order valence-corrected chi connectivity index (χ3v) is 3.06. The summed E-state index contributed by atoms with van der Waals surface area (Å²) < 4.78 is 5.56. The third-order valence-electron chi connectivity index (χ3n) is 2.76. The van der Waals surface area contributed by atoms with Crippen molar-refractivity contribution in [3.8, 4) is 5.75 Å². The molecule has 1 amide bonds. The number of hydrogen-bond donors (Lipinski definition) is 0. The Morgan fingerprint density at radius 1 is 1.53 bits per heavy atom. The molecular formula is C12H12ClNO3. The van der Waals surface area contributed by atoms with Crippen molar-refractivity contribution in [1.82, 2.24) is 4.90 Å². The lowest BCUT2D eigenvalue weighted by Crippen LogP contribution is -2.29. The van der Waals surface area contributed by atoms with Crippen LogP contribution in [-0.2, 0) is 4.79 Å². The first kappa shape index (κ1) is 11.9. The van der Waals surface area contributed by atoms with Crippen LogP contribution in [0.2, 0.25) is 5.02 Å². The van der Waals surface area contributed by atoms with Crippen molar-refractivity contribution in [3.05, 3.63) is 28.8 Å². The smallest absolute Gasteiger partial charge is 0.263 e. The number of para-hydroxylation sites is 1. The van der Waals surface area contributed by atoms with Gasteiger partial charge in [-0.15, -0.1) is 0 Å². The molecular weight excluding hydrogens is 242 g/mol.